The molecule has 0 heterocycles. The van der Waals surface area contributed by atoms with Gasteiger partial charge in [0.25, 0.3) is 5.91 Å². The molecular weight excluding hydrogens is 468 g/mol. The number of sulfonamides is 1. The van der Waals surface area contributed by atoms with E-state index in [-0.39, 0.29) is 17.3 Å². The molecule has 0 saturated heterocycles. The van der Waals surface area contributed by atoms with E-state index in [2.05, 4.69) is 15.8 Å². The molecule has 0 fully saturated rings. The first-order valence-corrected chi connectivity index (χ1v) is 12.1. The highest BCUT2D eigenvalue weighted by atomic mass is 32.2. The second-order valence-corrected chi connectivity index (χ2v) is 9.47. The van der Waals surface area contributed by atoms with Crippen molar-refractivity contribution in [1.82, 2.24) is 9.73 Å². The maximum absolute atomic E-state index is 13.4. The molecule has 0 atom stereocenters. The maximum Gasteiger partial charge on any atom is 0.255 e. The molecule has 0 aliphatic heterocycles. The molecule has 0 unspecified atom stereocenters. The molecule has 0 aliphatic rings. The Balaban J connectivity index is 1.77. The van der Waals surface area contributed by atoms with E-state index < -0.39 is 22.5 Å². The molecule has 10 heteroatoms. The van der Waals surface area contributed by atoms with Crippen molar-refractivity contribution < 1.29 is 22.7 Å². The van der Waals surface area contributed by atoms with Crippen molar-refractivity contribution in [3.8, 4) is 5.75 Å². The Morgan fingerprint density at radius 2 is 1.71 bits per heavy atom. The molecule has 182 valence electrons. The Kier molecular flexibility index (Phi) is 8.71. The van der Waals surface area contributed by atoms with Crippen molar-refractivity contribution >= 4 is 33.7 Å². The predicted molar refractivity (Wildman–Crippen MR) is 134 cm³/mol. The minimum absolute atomic E-state index is 0.00443. The Morgan fingerprint density at radius 3 is 2.37 bits per heavy atom. The zero-order valence-electron chi connectivity index (χ0n) is 19.3. The predicted octanol–water partition coefficient (Wildman–Crippen LogP) is 2.99. The van der Waals surface area contributed by atoms with Crippen LogP contribution in [0.2, 0.25) is 0 Å². The Bertz CT molecular complexity index is 1290. The molecule has 3 aromatic rings. The fourth-order valence-corrected chi connectivity index (χ4v) is 4.56. The van der Waals surface area contributed by atoms with Gasteiger partial charge in [-0.1, -0.05) is 42.5 Å². The number of hydrogen-bond donors (Lipinski definition) is 2. The topological polar surface area (TPSA) is 117 Å². The molecule has 0 aromatic heterocycles. The normalized spacial score (nSPS) is 11.4. The first kappa shape index (κ1) is 25.6. The highest BCUT2D eigenvalue weighted by molar-refractivity contribution is 7.89. The van der Waals surface area contributed by atoms with Crippen molar-refractivity contribution in [1.29, 1.82) is 0 Å². The molecule has 0 radical (unpaired) electrons. The van der Waals surface area contributed by atoms with E-state index in [1.807, 2.05) is 6.07 Å². The average molecular weight is 495 g/mol. The number of nitrogens with zero attached hydrogens (tertiary/aromatic N) is 2. The van der Waals surface area contributed by atoms with Gasteiger partial charge in [0.1, 0.15) is 5.75 Å². The number of rotatable bonds is 10. The van der Waals surface area contributed by atoms with Crippen molar-refractivity contribution in [2.75, 3.05) is 19.0 Å². The van der Waals surface area contributed by atoms with E-state index >= 15 is 0 Å². The molecule has 3 rings (SSSR count). The Labute approximate surface area is 204 Å². The SMILES string of the molecule is COc1cccc(/C=N\NC(=O)CN(Cc2ccccc2)S(=O)(=O)c2ccc(NC(C)=O)cc2)c1. The first-order chi connectivity index (χ1) is 16.8. The molecule has 2 amide bonds. The van der Waals surface area contributed by atoms with Crippen LogP contribution in [0.3, 0.4) is 0 Å². The third kappa shape index (κ3) is 7.49. The van der Waals surface area contributed by atoms with E-state index in [1.54, 1.807) is 55.6 Å². The summed E-state index contributed by atoms with van der Waals surface area (Å²) in [5.41, 5.74) is 4.27. The molecule has 35 heavy (non-hydrogen) atoms. The van der Waals surface area contributed by atoms with Crippen LogP contribution < -0.4 is 15.5 Å². The van der Waals surface area contributed by atoms with Gasteiger partial charge in [-0.25, -0.2) is 13.8 Å². The van der Waals surface area contributed by atoms with Gasteiger partial charge < -0.3 is 10.1 Å². The van der Waals surface area contributed by atoms with Gasteiger partial charge >= 0.3 is 0 Å². The Morgan fingerprint density at radius 1 is 1.00 bits per heavy atom. The maximum atomic E-state index is 13.4. The van der Waals surface area contributed by atoms with Crippen LogP contribution >= 0.6 is 0 Å². The summed E-state index contributed by atoms with van der Waals surface area (Å²) in [5, 5.41) is 6.52. The van der Waals surface area contributed by atoms with Gasteiger partial charge in [-0.2, -0.15) is 9.41 Å². The van der Waals surface area contributed by atoms with Gasteiger partial charge in [-0.05, 0) is 47.5 Å². The summed E-state index contributed by atoms with van der Waals surface area (Å²) >= 11 is 0. The fourth-order valence-electron chi connectivity index (χ4n) is 3.17. The van der Waals surface area contributed by atoms with E-state index in [4.69, 9.17) is 4.74 Å². The first-order valence-electron chi connectivity index (χ1n) is 10.7. The quantitative estimate of drug-likeness (QED) is 0.332. The van der Waals surface area contributed by atoms with Crippen LogP contribution in [0.1, 0.15) is 18.1 Å². The number of nitrogens with one attached hydrogen (secondary N) is 2. The summed E-state index contributed by atoms with van der Waals surface area (Å²) in [6.45, 7) is 0.908. The molecule has 9 nitrogen and oxygen atoms in total. The number of hydrogen-bond acceptors (Lipinski definition) is 6. The Hall–Kier alpha value is -4.02. The summed E-state index contributed by atoms with van der Waals surface area (Å²) in [4.78, 5) is 23.8. The van der Waals surface area contributed by atoms with Crippen LogP contribution in [0.25, 0.3) is 0 Å². The largest absolute Gasteiger partial charge is 0.497 e. The molecule has 3 aromatic carbocycles. The average Bonchev–Trinajstić information content (AvgIpc) is 2.84. The number of hydrazone groups is 1. The lowest BCUT2D eigenvalue weighted by Crippen LogP contribution is -2.39. The zero-order chi connectivity index (χ0) is 25.3. The number of benzene rings is 3. The molecule has 0 bridgehead atoms. The number of anilines is 1. The molecular formula is C25H26N4O5S. The number of carbonyl (C=O) groups is 2. The fraction of sp³-hybridized carbons (Fsp3) is 0.160. The third-order valence-electron chi connectivity index (χ3n) is 4.83. The highest BCUT2D eigenvalue weighted by Gasteiger charge is 2.27. The minimum Gasteiger partial charge on any atom is -0.497 e. The second-order valence-electron chi connectivity index (χ2n) is 7.53. The van der Waals surface area contributed by atoms with Crippen LogP contribution in [0.5, 0.6) is 5.75 Å². The lowest BCUT2D eigenvalue weighted by Gasteiger charge is -2.21. The van der Waals surface area contributed by atoms with Crippen LogP contribution in [0.4, 0.5) is 5.69 Å². The lowest BCUT2D eigenvalue weighted by atomic mass is 10.2. The van der Waals surface area contributed by atoms with Crippen molar-refractivity contribution in [3.63, 3.8) is 0 Å². The van der Waals surface area contributed by atoms with E-state index in [0.29, 0.717) is 17.0 Å². The zero-order valence-corrected chi connectivity index (χ0v) is 20.2. The standard InChI is InChI=1S/C25H26N4O5S/c1-19(30)27-22-11-13-24(14-12-22)35(32,33)29(17-20-7-4-3-5-8-20)18-25(31)28-26-16-21-9-6-10-23(15-21)34-2/h3-16H,17-18H2,1-2H3,(H,27,30)(H,28,31)/b26-16-. The minimum atomic E-state index is -4.03. The van der Waals surface area contributed by atoms with Gasteiger partial charge in [0.05, 0.1) is 24.8 Å². The van der Waals surface area contributed by atoms with Crippen LogP contribution in [-0.2, 0) is 26.2 Å². The van der Waals surface area contributed by atoms with Crippen molar-refractivity contribution in [2.45, 2.75) is 18.4 Å². The number of amides is 2. The molecule has 0 saturated carbocycles. The van der Waals surface area contributed by atoms with Gasteiger partial charge in [-0.3, -0.25) is 9.59 Å². The number of carbonyl (C=O) groups excluding carboxylic acids is 2. The van der Waals surface area contributed by atoms with E-state index in [9.17, 15) is 18.0 Å². The number of ether oxygens (including phenoxy) is 1. The smallest absolute Gasteiger partial charge is 0.255 e. The summed E-state index contributed by atoms with van der Waals surface area (Å²) in [6.07, 6.45) is 1.44. The molecule has 0 aliphatic carbocycles. The third-order valence-corrected chi connectivity index (χ3v) is 6.64. The van der Waals surface area contributed by atoms with Crippen LogP contribution in [0.15, 0.2) is 88.9 Å². The van der Waals surface area contributed by atoms with Gasteiger partial charge in [-0.15, -0.1) is 0 Å². The molecule has 0 spiro atoms. The summed E-state index contributed by atoms with van der Waals surface area (Å²) in [7, 11) is -2.49. The lowest BCUT2D eigenvalue weighted by molar-refractivity contribution is -0.121. The summed E-state index contributed by atoms with van der Waals surface area (Å²) in [5.74, 6) is -0.221. The summed E-state index contributed by atoms with van der Waals surface area (Å²) in [6, 6.07) is 21.8. The van der Waals surface area contributed by atoms with E-state index in [0.717, 1.165) is 9.87 Å². The van der Waals surface area contributed by atoms with Crippen LogP contribution in [-0.4, -0.2) is 44.4 Å². The van der Waals surface area contributed by atoms with Crippen molar-refractivity contribution in [3.05, 3.63) is 90.0 Å². The highest BCUT2D eigenvalue weighted by Crippen LogP contribution is 2.20. The number of methoxy groups -OCH3 is 1. The van der Waals surface area contributed by atoms with Gasteiger partial charge in [0, 0.05) is 19.2 Å². The van der Waals surface area contributed by atoms with Crippen molar-refractivity contribution in [2.24, 2.45) is 5.10 Å². The van der Waals surface area contributed by atoms with Gasteiger partial charge in [0.2, 0.25) is 15.9 Å². The second kappa shape index (κ2) is 11.9. The van der Waals surface area contributed by atoms with E-state index in [1.165, 1.54) is 37.4 Å². The van der Waals surface area contributed by atoms with Gasteiger partial charge in [0.15, 0.2) is 0 Å². The molecule has 2 N–H and O–H groups in total. The van der Waals surface area contributed by atoms with Crippen LogP contribution in [0, 0.1) is 0 Å². The summed E-state index contributed by atoms with van der Waals surface area (Å²) < 4.78 is 33.0. The monoisotopic (exact) mass is 494 g/mol.